The fraction of sp³-hybridized carbons (Fsp3) is 0.185. The molecule has 2 N–H and O–H groups in total. The molecule has 5 rings (SSSR count). The highest BCUT2D eigenvalue weighted by Gasteiger charge is 2.24. The second kappa shape index (κ2) is 9.30. The van der Waals surface area contributed by atoms with Crippen LogP contribution in [0.4, 0.5) is 5.69 Å². The second-order valence-electron chi connectivity index (χ2n) is 8.08. The van der Waals surface area contributed by atoms with Gasteiger partial charge in [0.25, 0.3) is 11.8 Å². The average molecular weight is 440 g/mol. The quantitative estimate of drug-likeness (QED) is 0.439. The molecule has 33 heavy (non-hydrogen) atoms. The van der Waals surface area contributed by atoms with E-state index in [4.69, 9.17) is 9.15 Å². The number of benzene rings is 3. The number of nitrogens with one attached hydrogen (secondary N) is 2. The molecule has 0 unspecified atom stereocenters. The Morgan fingerprint density at radius 1 is 0.909 bits per heavy atom. The van der Waals surface area contributed by atoms with E-state index in [-0.39, 0.29) is 11.8 Å². The third kappa shape index (κ3) is 4.66. The number of carbonyl (C=O) groups excluding carboxylic acids is 2. The van der Waals surface area contributed by atoms with Crippen molar-refractivity contribution in [1.82, 2.24) is 5.32 Å². The van der Waals surface area contributed by atoms with Crippen molar-refractivity contribution in [2.45, 2.75) is 25.0 Å². The SMILES string of the molecule is O=C(N[C@@H](c1ccccc1)c1cc2ccccc2o1)c1cccc(NC(=O)[C@@H]2CCCO2)c1. The minimum absolute atomic E-state index is 0.186. The van der Waals surface area contributed by atoms with Gasteiger partial charge in [0.05, 0.1) is 0 Å². The summed E-state index contributed by atoms with van der Waals surface area (Å²) in [6.45, 7) is 0.600. The third-order valence-electron chi connectivity index (χ3n) is 5.75. The Kier molecular flexibility index (Phi) is 5.91. The first-order valence-electron chi connectivity index (χ1n) is 11.0. The first-order valence-corrected chi connectivity index (χ1v) is 11.0. The van der Waals surface area contributed by atoms with Crippen LogP contribution in [0.1, 0.15) is 40.6 Å². The Morgan fingerprint density at radius 3 is 2.52 bits per heavy atom. The first-order chi connectivity index (χ1) is 16.2. The number of para-hydroxylation sites is 1. The van der Waals surface area contributed by atoms with E-state index in [1.54, 1.807) is 24.3 Å². The molecule has 2 atom stereocenters. The molecule has 1 saturated heterocycles. The highest BCUT2D eigenvalue weighted by Crippen LogP contribution is 2.29. The van der Waals surface area contributed by atoms with Crippen LogP contribution in [0.15, 0.2) is 89.3 Å². The van der Waals surface area contributed by atoms with Crippen LogP contribution >= 0.6 is 0 Å². The number of rotatable bonds is 6. The maximum absolute atomic E-state index is 13.2. The van der Waals surface area contributed by atoms with Gasteiger partial charge in [-0.1, -0.05) is 54.6 Å². The number of fused-ring (bicyclic) bond motifs is 1. The number of furan rings is 1. The van der Waals surface area contributed by atoms with E-state index in [1.807, 2.05) is 60.7 Å². The zero-order chi connectivity index (χ0) is 22.6. The molecule has 1 aliphatic rings. The molecule has 166 valence electrons. The summed E-state index contributed by atoms with van der Waals surface area (Å²) in [7, 11) is 0. The largest absolute Gasteiger partial charge is 0.459 e. The molecule has 3 aromatic carbocycles. The van der Waals surface area contributed by atoms with E-state index in [1.165, 1.54) is 0 Å². The Bertz CT molecular complexity index is 1240. The van der Waals surface area contributed by atoms with Gasteiger partial charge in [-0.05, 0) is 48.7 Å². The zero-order valence-electron chi connectivity index (χ0n) is 18.0. The van der Waals surface area contributed by atoms with Gasteiger partial charge in [-0.15, -0.1) is 0 Å². The normalized spacial score (nSPS) is 16.4. The van der Waals surface area contributed by atoms with E-state index in [9.17, 15) is 9.59 Å². The molecule has 1 aliphatic heterocycles. The monoisotopic (exact) mass is 440 g/mol. The lowest BCUT2D eigenvalue weighted by molar-refractivity contribution is -0.124. The topological polar surface area (TPSA) is 80.6 Å². The number of amides is 2. The lowest BCUT2D eigenvalue weighted by Crippen LogP contribution is -2.29. The first kappa shape index (κ1) is 21.0. The van der Waals surface area contributed by atoms with Crippen LogP contribution in [0, 0.1) is 0 Å². The molecule has 4 aromatic rings. The minimum Gasteiger partial charge on any atom is -0.459 e. The average Bonchev–Trinajstić information content (AvgIpc) is 3.53. The summed E-state index contributed by atoms with van der Waals surface area (Å²) in [5, 5.41) is 6.92. The van der Waals surface area contributed by atoms with Gasteiger partial charge in [0.2, 0.25) is 0 Å². The molecule has 0 saturated carbocycles. The van der Waals surface area contributed by atoms with E-state index in [0.717, 1.165) is 23.0 Å². The fourth-order valence-electron chi connectivity index (χ4n) is 4.07. The van der Waals surface area contributed by atoms with Crippen molar-refractivity contribution in [1.29, 1.82) is 0 Å². The Morgan fingerprint density at radius 2 is 1.73 bits per heavy atom. The molecule has 0 bridgehead atoms. The van der Waals surface area contributed by atoms with Gasteiger partial charge in [0.15, 0.2) is 0 Å². The molecule has 1 aromatic heterocycles. The van der Waals surface area contributed by atoms with Crippen molar-refractivity contribution in [2.75, 3.05) is 11.9 Å². The van der Waals surface area contributed by atoms with Crippen molar-refractivity contribution < 1.29 is 18.7 Å². The summed E-state index contributed by atoms with van der Waals surface area (Å²) < 4.78 is 11.5. The molecule has 1 fully saturated rings. The van der Waals surface area contributed by atoms with Gasteiger partial charge in [-0.2, -0.15) is 0 Å². The second-order valence-corrected chi connectivity index (χ2v) is 8.08. The van der Waals surface area contributed by atoms with Gasteiger partial charge in [0, 0.05) is 23.2 Å². The molecular weight excluding hydrogens is 416 g/mol. The molecule has 0 spiro atoms. The molecule has 6 heteroatoms. The van der Waals surface area contributed by atoms with Crippen LogP contribution in [-0.2, 0) is 9.53 Å². The van der Waals surface area contributed by atoms with Gasteiger partial charge >= 0.3 is 0 Å². The van der Waals surface area contributed by atoms with Gasteiger partial charge in [0.1, 0.15) is 23.5 Å². The van der Waals surface area contributed by atoms with Crippen molar-refractivity contribution in [2.24, 2.45) is 0 Å². The van der Waals surface area contributed by atoms with Crippen molar-refractivity contribution in [3.63, 3.8) is 0 Å². The van der Waals surface area contributed by atoms with Gasteiger partial charge in [-0.3, -0.25) is 9.59 Å². The predicted octanol–water partition coefficient (Wildman–Crippen LogP) is 5.07. The molecule has 0 aliphatic carbocycles. The van der Waals surface area contributed by atoms with Crippen LogP contribution in [-0.4, -0.2) is 24.5 Å². The lowest BCUT2D eigenvalue weighted by Gasteiger charge is -2.18. The summed E-state index contributed by atoms with van der Waals surface area (Å²) in [6, 6.07) is 25.8. The fourth-order valence-corrected chi connectivity index (χ4v) is 4.07. The minimum atomic E-state index is -0.462. The van der Waals surface area contributed by atoms with Crippen molar-refractivity contribution in [3.05, 3.63) is 102 Å². The summed E-state index contributed by atoms with van der Waals surface area (Å²) >= 11 is 0. The maximum Gasteiger partial charge on any atom is 0.253 e. The molecule has 0 radical (unpaired) electrons. The Balaban J connectivity index is 1.39. The summed E-state index contributed by atoms with van der Waals surface area (Å²) in [5.74, 6) is 0.200. The number of ether oxygens (including phenoxy) is 1. The highest BCUT2D eigenvalue weighted by atomic mass is 16.5. The van der Waals surface area contributed by atoms with E-state index < -0.39 is 12.1 Å². The summed E-state index contributed by atoms with van der Waals surface area (Å²) in [4.78, 5) is 25.6. The number of hydrogen-bond donors (Lipinski definition) is 2. The van der Waals surface area contributed by atoms with Crippen molar-refractivity contribution >= 4 is 28.5 Å². The summed E-state index contributed by atoms with van der Waals surface area (Å²) in [5.41, 5.74) is 2.68. The van der Waals surface area contributed by atoms with Crippen molar-refractivity contribution in [3.8, 4) is 0 Å². The maximum atomic E-state index is 13.2. The van der Waals surface area contributed by atoms with Crippen LogP contribution in [0.5, 0.6) is 0 Å². The Labute approximate surface area is 191 Å². The molecule has 2 amide bonds. The zero-order valence-corrected chi connectivity index (χ0v) is 18.0. The van der Waals surface area contributed by atoms with Crippen LogP contribution in [0.2, 0.25) is 0 Å². The highest BCUT2D eigenvalue weighted by molar-refractivity contribution is 5.98. The lowest BCUT2D eigenvalue weighted by atomic mass is 10.0. The van der Waals surface area contributed by atoms with Crippen LogP contribution in [0.3, 0.4) is 0 Å². The third-order valence-corrected chi connectivity index (χ3v) is 5.75. The summed E-state index contributed by atoms with van der Waals surface area (Å²) in [6.07, 6.45) is 1.16. The molecule has 2 heterocycles. The van der Waals surface area contributed by atoms with E-state index in [2.05, 4.69) is 10.6 Å². The smallest absolute Gasteiger partial charge is 0.253 e. The van der Waals surface area contributed by atoms with Crippen LogP contribution in [0.25, 0.3) is 11.0 Å². The Hall–Kier alpha value is -3.90. The molecular formula is C27H24N2O4. The van der Waals surface area contributed by atoms with Gasteiger partial charge in [-0.25, -0.2) is 0 Å². The number of anilines is 1. The number of carbonyl (C=O) groups is 2. The molecule has 6 nitrogen and oxygen atoms in total. The number of hydrogen-bond acceptors (Lipinski definition) is 4. The van der Waals surface area contributed by atoms with Gasteiger partial charge < -0.3 is 19.8 Å². The van der Waals surface area contributed by atoms with E-state index in [0.29, 0.717) is 30.0 Å². The van der Waals surface area contributed by atoms with Crippen LogP contribution < -0.4 is 10.6 Å². The predicted molar refractivity (Wildman–Crippen MR) is 126 cm³/mol. The van der Waals surface area contributed by atoms with E-state index >= 15 is 0 Å². The standard InChI is InChI=1S/C27H24N2O4/c30-26(20-11-6-12-21(16-20)28-27(31)23-14-7-15-32-23)29-25(18-8-2-1-3-9-18)24-17-19-10-4-5-13-22(19)33-24/h1-6,8-13,16-17,23,25H,7,14-15H2,(H,28,31)(H,29,30)/t23-,25-/m0/s1.